The number of hydrogen-bond donors (Lipinski definition) is 0. The molecule has 0 amide bonds. The standard InChI is InChI=1S/C25H28O2/c1-4-18-27-23-16-14-22(15-17-23)25-9-7-6-8-24(25)21-12-10-20(11-13-21)19(3)26-5-2/h6-17,19H,4-5,18H2,1-3H3. The Morgan fingerprint density at radius 3 is 1.81 bits per heavy atom. The number of ether oxygens (including phenoxy) is 2. The zero-order valence-corrected chi connectivity index (χ0v) is 16.4. The maximum atomic E-state index is 5.70. The number of rotatable bonds is 8. The van der Waals surface area contributed by atoms with Gasteiger partial charge in [-0.1, -0.05) is 67.6 Å². The van der Waals surface area contributed by atoms with Crippen LogP contribution in [0.15, 0.2) is 72.8 Å². The van der Waals surface area contributed by atoms with Crippen LogP contribution in [0.1, 0.15) is 38.9 Å². The van der Waals surface area contributed by atoms with Crippen LogP contribution in [0.5, 0.6) is 5.75 Å². The van der Waals surface area contributed by atoms with Gasteiger partial charge in [-0.3, -0.25) is 0 Å². The molecule has 3 aromatic rings. The third-order valence-corrected chi connectivity index (χ3v) is 4.67. The Morgan fingerprint density at radius 1 is 0.741 bits per heavy atom. The minimum Gasteiger partial charge on any atom is -0.494 e. The Hall–Kier alpha value is -2.58. The molecule has 0 aliphatic carbocycles. The molecule has 3 aromatic carbocycles. The van der Waals surface area contributed by atoms with Crippen LogP contribution in [0.4, 0.5) is 0 Å². The monoisotopic (exact) mass is 360 g/mol. The molecule has 3 rings (SSSR count). The summed E-state index contributed by atoms with van der Waals surface area (Å²) in [6.07, 6.45) is 1.14. The fraction of sp³-hybridized carbons (Fsp3) is 0.280. The van der Waals surface area contributed by atoms with Crippen molar-refractivity contribution in [1.29, 1.82) is 0 Å². The SMILES string of the molecule is CCCOc1ccc(-c2ccccc2-c2ccc(C(C)OCC)cc2)cc1. The third-order valence-electron chi connectivity index (χ3n) is 4.67. The molecule has 1 atom stereocenters. The molecule has 0 saturated heterocycles. The molecule has 0 aliphatic rings. The molecular formula is C25H28O2. The van der Waals surface area contributed by atoms with Gasteiger partial charge in [0, 0.05) is 6.61 Å². The second-order valence-electron chi connectivity index (χ2n) is 6.64. The summed E-state index contributed by atoms with van der Waals surface area (Å²) in [5.74, 6) is 0.923. The molecule has 0 saturated carbocycles. The Morgan fingerprint density at radius 2 is 1.30 bits per heavy atom. The van der Waals surface area contributed by atoms with Gasteiger partial charge in [-0.25, -0.2) is 0 Å². The summed E-state index contributed by atoms with van der Waals surface area (Å²) < 4.78 is 11.4. The molecular weight excluding hydrogens is 332 g/mol. The van der Waals surface area contributed by atoms with Crippen molar-refractivity contribution in [2.24, 2.45) is 0 Å². The van der Waals surface area contributed by atoms with Gasteiger partial charge in [0.05, 0.1) is 12.7 Å². The average molecular weight is 360 g/mol. The molecule has 0 N–H and O–H groups in total. The highest BCUT2D eigenvalue weighted by atomic mass is 16.5. The van der Waals surface area contributed by atoms with E-state index in [1.165, 1.54) is 27.8 Å². The Kier molecular flexibility index (Phi) is 6.67. The highest BCUT2D eigenvalue weighted by molar-refractivity contribution is 5.83. The van der Waals surface area contributed by atoms with Crippen molar-refractivity contribution in [2.75, 3.05) is 13.2 Å². The van der Waals surface area contributed by atoms with Crippen molar-refractivity contribution < 1.29 is 9.47 Å². The molecule has 140 valence electrons. The van der Waals surface area contributed by atoms with E-state index in [2.05, 4.69) is 86.6 Å². The van der Waals surface area contributed by atoms with Gasteiger partial charge in [-0.15, -0.1) is 0 Å². The zero-order chi connectivity index (χ0) is 19.1. The van der Waals surface area contributed by atoms with Crippen molar-refractivity contribution in [3.63, 3.8) is 0 Å². The lowest BCUT2D eigenvalue weighted by atomic mass is 9.94. The van der Waals surface area contributed by atoms with Crippen LogP contribution in [-0.4, -0.2) is 13.2 Å². The summed E-state index contributed by atoms with van der Waals surface area (Å²) in [5, 5.41) is 0. The van der Waals surface area contributed by atoms with Crippen molar-refractivity contribution in [1.82, 2.24) is 0 Å². The van der Waals surface area contributed by atoms with E-state index >= 15 is 0 Å². The van der Waals surface area contributed by atoms with E-state index in [1.807, 2.05) is 6.92 Å². The molecule has 0 spiro atoms. The van der Waals surface area contributed by atoms with E-state index < -0.39 is 0 Å². The molecule has 0 heterocycles. The fourth-order valence-corrected chi connectivity index (χ4v) is 3.22. The molecule has 0 fully saturated rings. The topological polar surface area (TPSA) is 18.5 Å². The summed E-state index contributed by atoms with van der Waals surface area (Å²) in [6, 6.07) is 25.6. The van der Waals surface area contributed by atoms with E-state index in [-0.39, 0.29) is 6.10 Å². The lowest BCUT2D eigenvalue weighted by Gasteiger charge is -2.14. The summed E-state index contributed by atoms with van der Waals surface area (Å²) in [4.78, 5) is 0. The van der Waals surface area contributed by atoms with Gasteiger partial charge in [-0.05, 0) is 60.2 Å². The first-order valence-corrected chi connectivity index (χ1v) is 9.77. The molecule has 0 radical (unpaired) electrons. The second kappa shape index (κ2) is 9.38. The van der Waals surface area contributed by atoms with Gasteiger partial charge >= 0.3 is 0 Å². The predicted octanol–water partition coefficient (Wildman–Crippen LogP) is 6.91. The summed E-state index contributed by atoms with van der Waals surface area (Å²) in [7, 11) is 0. The lowest BCUT2D eigenvalue weighted by Crippen LogP contribution is -1.99. The maximum Gasteiger partial charge on any atom is 0.119 e. The first-order valence-electron chi connectivity index (χ1n) is 9.77. The first kappa shape index (κ1) is 19.2. The highest BCUT2D eigenvalue weighted by Crippen LogP contribution is 2.33. The third kappa shape index (κ3) is 4.78. The Labute approximate surface area is 162 Å². The van der Waals surface area contributed by atoms with Crippen LogP contribution < -0.4 is 4.74 Å². The maximum absolute atomic E-state index is 5.70. The predicted molar refractivity (Wildman–Crippen MR) is 113 cm³/mol. The van der Waals surface area contributed by atoms with Crippen molar-refractivity contribution >= 4 is 0 Å². The van der Waals surface area contributed by atoms with Gasteiger partial charge in [0.15, 0.2) is 0 Å². The minimum atomic E-state index is 0.120. The van der Waals surface area contributed by atoms with Gasteiger partial charge < -0.3 is 9.47 Å². The van der Waals surface area contributed by atoms with Crippen molar-refractivity contribution in [3.05, 3.63) is 78.4 Å². The fourth-order valence-electron chi connectivity index (χ4n) is 3.22. The first-order chi connectivity index (χ1) is 13.2. The summed E-state index contributed by atoms with van der Waals surface area (Å²) in [6.45, 7) is 7.71. The van der Waals surface area contributed by atoms with Crippen LogP contribution in [-0.2, 0) is 4.74 Å². The average Bonchev–Trinajstić information content (AvgIpc) is 2.73. The van der Waals surface area contributed by atoms with E-state index in [4.69, 9.17) is 9.47 Å². The van der Waals surface area contributed by atoms with Gasteiger partial charge in [0.1, 0.15) is 5.75 Å². The quantitative estimate of drug-likeness (QED) is 0.434. The van der Waals surface area contributed by atoms with Crippen molar-refractivity contribution in [3.8, 4) is 28.0 Å². The number of hydrogen-bond acceptors (Lipinski definition) is 2. The van der Waals surface area contributed by atoms with Crippen molar-refractivity contribution in [2.45, 2.75) is 33.3 Å². The van der Waals surface area contributed by atoms with Crippen LogP contribution in [0.2, 0.25) is 0 Å². The second-order valence-corrected chi connectivity index (χ2v) is 6.64. The van der Waals surface area contributed by atoms with Crippen LogP contribution in [0.3, 0.4) is 0 Å². The molecule has 1 unspecified atom stereocenters. The molecule has 27 heavy (non-hydrogen) atoms. The van der Waals surface area contributed by atoms with Crippen LogP contribution in [0, 0.1) is 0 Å². The normalized spacial score (nSPS) is 12.0. The largest absolute Gasteiger partial charge is 0.494 e. The molecule has 0 bridgehead atoms. The van der Waals surface area contributed by atoms with E-state index in [9.17, 15) is 0 Å². The molecule has 0 aliphatic heterocycles. The summed E-state index contributed by atoms with van der Waals surface area (Å²) >= 11 is 0. The highest BCUT2D eigenvalue weighted by Gasteiger charge is 2.09. The molecule has 0 aromatic heterocycles. The summed E-state index contributed by atoms with van der Waals surface area (Å²) in [5.41, 5.74) is 6.07. The zero-order valence-electron chi connectivity index (χ0n) is 16.4. The van der Waals surface area contributed by atoms with Gasteiger partial charge in [0.2, 0.25) is 0 Å². The van der Waals surface area contributed by atoms with Gasteiger partial charge in [-0.2, -0.15) is 0 Å². The van der Waals surface area contributed by atoms with Gasteiger partial charge in [0.25, 0.3) is 0 Å². The van der Waals surface area contributed by atoms with E-state index in [0.717, 1.165) is 25.4 Å². The Balaban J connectivity index is 1.88. The minimum absolute atomic E-state index is 0.120. The smallest absolute Gasteiger partial charge is 0.119 e. The number of benzene rings is 3. The molecule has 2 nitrogen and oxygen atoms in total. The lowest BCUT2D eigenvalue weighted by molar-refractivity contribution is 0.0764. The Bertz CT molecular complexity index is 835. The van der Waals surface area contributed by atoms with Crippen LogP contribution in [0.25, 0.3) is 22.3 Å². The van der Waals surface area contributed by atoms with Crippen LogP contribution >= 0.6 is 0 Å². The van der Waals surface area contributed by atoms with E-state index in [0.29, 0.717) is 0 Å². The molecule has 2 heteroatoms. The van der Waals surface area contributed by atoms with E-state index in [1.54, 1.807) is 0 Å².